The number of hydrogen-bond donors (Lipinski definition) is 4. The summed E-state index contributed by atoms with van der Waals surface area (Å²) >= 11 is 0. The third kappa shape index (κ3) is 8.51. The van der Waals surface area contributed by atoms with Crippen molar-refractivity contribution in [2.24, 2.45) is 0 Å². The number of carbonyl (C=O) groups excluding carboxylic acids is 2. The average molecular weight is 819 g/mol. The molecule has 0 radical (unpaired) electrons. The summed E-state index contributed by atoms with van der Waals surface area (Å²) in [4.78, 5) is 63.9. The van der Waals surface area contributed by atoms with Gasteiger partial charge in [-0.3, -0.25) is 28.3 Å². The molecule has 0 saturated heterocycles. The molecule has 6 aromatic heterocycles. The van der Waals surface area contributed by atoms with Crippen LogP contribution >= 0.6 is 0 Å². The molecule has 0 aliphatic carbocycles. The standard InChI is InChI=1S/2C24H19N5O2/c30-23-3-1-2-12-29(23)21-7-5-20(6-8-21)28-15-19(27-16-28)14-26-24(31)18-4-9-22-17(13-18)10-11-25-22;30-23-3-1-2-12-29(23)21-8-6-20(7-9-21)28-15-19(27-16-28)14-26-24(31)18-5-4-17-10-11-25-22(17)13-18/h2*1-13,15-16,25H,14H2,(H,26,31). The summed E-state index contributed by atoms with van der Waals surface area (Å²) in [6.45, 7) is 0.653. The SMILES string of the molecule is O=C(NCc1cn(-c2ccc(-n3ccccc3=O)cc2)cn1)c1ccc2[nH]ccc2c1.O=C(NCc1cn(-c2ccc(-n3ccccc3=O)cc2)cn1)c1ccc2cc[nH]c2c1. The van der Waals surface area contributed by atoms with Crippen LogP contribution < -0.4 is 21.8 Å². The van der Waals surface area contributed by atoms with Crippen molar-refractivity contribution in [1.82, 2.24) is 48.8 Å². The molecule has 10 rings (SSSR count). The van der Waals surface area contributed by atoms with Gasteiger partial charge in [-0.15, -0.1) is 0 Å². The highest BCUT2D eigenvalue weighted by Crippen LogP contribution is 2.17. The van der Waals surface area contributed by atoms with Gasteiger partial charge >= 0.3 is 0 Å². The molecular weight excluding hydrogens is 781 g/mol. The summed E-state index contributed by atoms with van der Waals surface area (Å²) in [6, 6.07) is 40.4. The van der Waals surface area contributed by atoms with E-state index in [9.17, 15) is 19.2 Å². The van der Waals surface area contributed by atoms with Gasteiger partial charge in [0.25, 0.3) is 22.9 Å². The van der Waals surface area contributed by atoms with Crippen molar-refractivity contribution in [3.8, 4) is 22.7 Å². The van der Waals surface area contributed by atoms with Gasteiger partial charge in [-0.05, 0) is 109 Å². The molecule has 4 N–H and O–H groups in total. The molecule has 62 heavy (non-hydrogen) atoms. The summed E-state index contributed by atoms with van der Waals surface area (Å²) < 4.78 is 6.93. The van der Waals surface area contributed by atoms with Crippen LogP contribution in [0.2, 0.25) is 0 Å². The van der Waals surface area contributed by atoms with Gasteiger partial charge in [-0.1, -0.05) is 18.2 Å². The first kappa shape index (κ1) is 38.7. The quantitative estimate of drug-likeness (QED) is 0.117. The van der Waals surface area contributed by atoms with E-state index in [-0.39, 0.29) is 22.9 Å². The van der Waals surface area contributed by atoms with Crippen molar-refractivity contribution >= 4 is 33.6 Å². The Bertz CT molecular complexity index is 3070. The molecule has 304 valence electrons. The normalized spacial score (nSPS) is 11.0. The summed E-state index contributed by atoms with van der Waals surface area (Å²) in [5.74, 6) is -0.293. The minimum Gasteiger partial charge on any atom is -0.361 e. The Kier molecular flexibility index (Phi) is 10.7. The first-order valence-corrected chi connectivity index (χ1v) is 19.7. The van der Waals surface area contributed by atoms with E-state index in [1.807, 2.05) is 137 Å². The third-order valence-electron chi connectivity index (χ3n) is 10.3. The van der Waals surface area contributed by atoms with Crippen molar-refractivity contribution in [3.05, 3.63) is 227 Å². The number of aromatic nitrogens is 8. The topological polar surface area (TPSA) is 169 Å². The third-order valence-corrected chi connectivity index (χ3v) is 10.3. The molecule has 0 atom stereocenters. The number of benzene rings is 4. The highest BCUT2D eigenvalue weighted by molar-refractivity contribution is 5.98. The molecular formula is C48H38N10O4. The van der Waals surface area contributed by atoms with Gasteiger partial charge in [-0.25, -0.2) is 9.97 Å². The summed E-state index contributed by atoms with van der Waals surface area (Å²) in [6.07, 6.45) is 14.3. The van der Waals surface area contributed by atoms with E-state index in [0.29, 0.717) is 24.2 Å². The Morgan fingerprint density at radius 3 is 1.53 bits per heavy atom. The molecule has 0 unspecified atom stereocenters. The predicted molar refractivity (Wildman–Crippen MR) is 237 cm³/mol. The monoisotopic (exact) mass is 818 g/mol. The molecule has 0 aliphatic heterocycles. The maximum absolute atomic E-state index is 12.5. The van der Waals surface area contributed by atoms with Gasteiger partial charge in [0.2, 0.25) is 0 Å². The first-order valence-electron chi connectivity index (χ1n) is 19.7. The van der Waals surface area contributed by atoms with Crippen LogP contribution in [0.25, 0.3) is 44.6 Å². The molecule has 0 saturated carbocycles. The molecule has 0 bridgehead atoms. The van der Waals surface area contributed by atoms with E-state index in [2.05, 4.69) is 30.6 Å². The van der Waals surface area contributed by atoms with Crippen molar-refractivity contribution in [2.45, 2.75) is 13.1 Å². The Hall–Kier alpha value is -8.78. The highest BCUT2D eigenvalue weighted by atomic mass is 16.2. The van der Waals surface area contributed by atoms with Crippen molar-refractivity contribution in [3.63, 3.8) is 0 Å². The number of carbonyl (C=O) groups is 2. The van der Waals surface area contributed by atoms with Crippen molar-refractivity contribution in [1.29, 1.82) is 0 Å². The summed E-state index contributed by atoms with van der Waals surface area (Å²) in [5, 5.41) is 7.88. The van der Waals surface area contributed by atoms with Crippen molar-refractivity contribution < 1.29 is 9.59 Å². The number of amides is 2. The number of rotatable bonds is 10. The van der Waals surface area contributed by atoms with Crippen LogP contribution in [0.5, 0.6) is 0 Å². The molecule has 2 amide bonds. The fourth-order valence-corrected chi connectivity index (χ4v) is 6.97. The Balaban J connectivity index is 0.000000158. The Labute approximate surface area is 353 Å². The van der Waals surface area contributed by atoms with E-state index in [4.69, 9.17) is 0 Å². The minimum atomic E-state index is -0.149. The predicted octanol–water partition coefficient (Wildman–Crippen LogP) is 6.87. The summed E-state index contributed by atoms with van der Waals surface area (Å²) in [7, 11) is 0. The van der Waals surface area contributed by atoms with E-state index < -0.39 is 0 Å². The molecule has 0 fully saturated rings. The van der Waals surface area contributed by atoms with Crippen molar-refractivity contribution in [2.75, 3.05) is 0 Å². The molecule has 0 aliphatic rings. The lowest BCUT2D eigenvalue weighted by Gasteiger charge is -2.07. The van der Waals surface area contributed by atoms with Gasteiger partial charge in [0, 0.05) is 99.6 Å². The zero-order valence-corrected chi connectivity index (χ0v) is 33.1. The van der Waals surface area contributed by atoms with E-state index in [0.717, 1.165) is 55.9 Å². The van der Waals surface area contributed by atoms with Crippen LogP contribution in [0.3, 0.4) is 0 Å². The number of nitrogens with one attached hydrogen (secondary N) is 4. The van der Waals surface area contributed by atoms with Crippen LogP contribution in [-0.2, 0) is 13.1 Å². The number of nitrogens with zero attached hydrogens (tertiary/aromatic N) is 6. The maximum atomic E-state index is 12.5. The molecule has 14 nitrogen and oxygen atoms in total. The van der Waals surface area contributed by atoms with Gasteiger partial charge in [0.1, 0.15) is 0 Å². The average Bonchev–Trinajstić information content (AvgIpc) is 4.16. The van der Waals surface area contributed by atoms with Crippen LogP contribution in [0.1, 0.15) is 32.1 Å². The summed E-state index contributed by atoms with van der Waals surface area (Å²) in [5.41, 5.74) is 7.89. The number of imidazole rings is 2. The lowest BCUT2D eigenvalue weighted by atomic mass is 10.1. The molecule has 0 spiro atoms. The Morgan fingerprint density at radius 1 is 0.500 bits per heavy atom. The van der Waals surface area contributed by atoms with Gasteiger partial charge in [0.15, 0.2) is 0 Å². The fourth-order valence-electron chi connectivity index (χ4n) is 6.97. The second-order valence-electron chi connectivity index (χ2n) is 14.3. The lowest BCUT2D eigenvalue weighted by molar-refractivity contribution is 0.0942. The number of aromatic amines is 2. The van der Waals surface area contributed by atoms with E-state index in [1.165, 1.54) is 12.1 Å². The van der Waals surface area contributed by atoms with E-state index in [1.54, 1.807) is 52.4 Å². The molecule has 6 heterocycles. The first-order chi connectivity index (χ1) is 30.3. The fraction of sp³-hybridized carbons (Fsp3) is 0.0417. The molecule has 4 aromatic carbocycles. The highest BCUT2D eigenvalue weighted by Gasteiger charge is 2.11. The largest absolute Gasteiger partial charge is 0.361 e. The van der Waals surface area contributed by atoms with Crippen LogP contribution in [0, 0.1) is 0 Å². The maximum Gasteiger partial charge on any atom is 0.255 e. The molecule has 10 aromatic rings. The van der Waals surface area contributed by atoms with Gasteiger partial charge in [-0.2, -0.15) is 0 Å². The zero-order chi connectivity index (χ0) is 42.4. The lowest BCUT2D eigenvalue weighted by Crippen LogP contribution is -2.22. The second-order valence-corrected chi connectivity index (χ2v) is 14.3. The van der Waals surface area contributed by atoms with E-state index >= 15 is 0 Å². The van der Waals surface area contributed by atoms with Crippen LogP contribution in [0.15, 0.2) is 193 Å². The van der Waals surface area contributed by atoms with Crippen LogP contribution in [-0.4, -0.2) is 50.0 Å². The number of H-pyrrole nitrogens is 2. The smallest absolute Gasteiger partial charge is 0.255 e. The number of fused-ring (bicyclic) bond motifs is 2. The minimum absolute atomic E-state index is 0.0773. The number of hydrogen-bond acceptors (Lipinski definition) is 6. The second kappa shape index (κ2) is 17.2. The van der Waals surface area contributed by atoms with Crippen LogP contribution in [0.4, 0.5) is 0 Å². The Morgan fingerprint density at radius 2 is 0.984 bits per heavy atom. The van der Waals surface area contributed by atoms with Gasteiger partial charge < -0.3 is 29.7 Å². The van der Waals surface area contributed by atoms with Gasteiger partial charge in [0.05, 0.1) is 37.1 Å². The number of pyridine rings is 2. The molecule has 14 heteroatoms. The zero-order valence-electron chi connectivity index (χ0n) is 33.1.